The first-order valence-electron chi connectivity index (χ1n) is 9.52. The van der Waals surface area contributed by atoms with Gasteiger partial charge in [0.05, 0.1) is 12.8 Å². The first kappa shape index (κ1) is 16.6. The first-order valence-corrected chi connectivity index (χ1v) is 10.9. The van der Waals surface area contributed by atoms with Gasteiger partial charge in [-0.2, -0.15) is 0 Å². The van der Waals surface area contributed by atoms with E-state index in [0.29, 0.717) is 6.61 Å². The van der Waals surface area contributed by atoms with Gasteiger partial charge in [-0.05, 0) is 34.3 Å². The van der Waals surface area contributed by atoms with Crippen LogP contribution in [0, 0.1) is 0 Å². The Hall–Kier alpha value is -1.84. The van der Waals surface area contributed by atoms with Gasteiger partial charge in [-0.3, -0.25) is 0 Å². The fraction of sp³-hybridized carbons (Fsp3) is 0.364. The summed E-state index contributed by atoms with van der Waals surface area (Å²) >= 11 is 0. The van der Waals surface area contributed by atoms with Gasteiger partial charge in [0, 0.05) is 0 Å². The lowest BCUT2D eigenvalue weighted by Crippen LogP contribution is -2.67. The molecule has 0 saturated carbocycles. The molecule has 0 radical (unpaired) electrons. The topological polar surface area (TPSA) is 18.5 Å². The molecular formula is C22H28O2Si. The molecule has 0 aromatic heterocycles. The standard InChI is InChI=1S/C22H28O2Si/c1-22(2,3)25(20-13-6-4-7-14-20,21-15-8-5-9-16-21)24-18-19-12-10-11-17-23-19/h4-9,11,13-17,19H,10,12,18H2,1-3H3/i17D. The van der Waals surface area contributed by atoms with Gasteiger partial charge in [0.15, 0.2) is 0 Å². The first-order chi connectivity index (χ1) is 12.4. The van der Waals surface area contributed by atoms with Crippen LogP contribution in [0.4, 0.5) is 0 Å². The molecule has 0 bridgehead atoms. The number of benzene rings is 2. The average Bonchev–Trinajstić information content (AvgIpc) is 2.63. The van der Waals surface area contributed by atoms with E-state index in [1.807, 2.05) is 6.08 Å². The van der Waals surface area contributed by atoms with Crippen LogP contribution in [-0.4, -0.2) is 21.0 Å². The SMILES string of the molecule is [2H]C1=CCCC(CO[Si](c2ccccc2)(c2ccccc2)C(C)(C)C)O1. The maximum Gasteiger partial charge on any atom is 0.261 e. The van der Waals surface area contributed by atoms with Gasteiger partial charge in [0.2, 0.25) is 0 Å². The molecule has 0 aliphatic carbocycles. The fourth-order valence-corrected chi connectivity index (χ4v) is 8.22. The van der Waals surface area contributed by atoms with Crippen molar-refractivity contribution >= 4 is 18.7 Å². The summed E-state index contributed by atoms with van der Waals surface area (Å²) < 4.78 is 20.3. The smallest absolute Gasteiger partial charge is 0.261 e. The van der Waals surface area contributed by atoms with E-state index in [0.717, 1.165) is 12.8 Å². The third-order valence-electron chi connectivity index (χ3n) is 4.85. The fourth-order valence-electron chi connectivity index (χ4n) is 3.63. The number of allylic oxidation sites excluding steroid dienone is 1. The maximum atomic E-state index is 7.78. The summed E-state index contributed by atoms with van der Waals surface area (Å²) in [6, 6.07) is 21.3. The number of rotatable bonds is 5. The Morgan fingerprint density at radius 3 is 2.08 bits per heavy atom. The molecule has 0 amide bonds. The summed E-state index contributed by atoms with van der Waals surface area (Å²) in [6.07, 6.45) is 3.84. The minimum atomic E-state index is -2.52. The molecule has 2 aromatic carbocycles. The van der Waals surface area contributed by atoms with Crippen molar-refractivity contribution in [3.63, 3.8) is 0 Å². The second kappa shape index (κ2) is 7.59. The normalized spacial score (nSPS) is 18.9. The molecule has 2 aromatic rings. The minimum absolute atomic E-state index is 0.0377. The van der Waals surface area contributed by atoms with Gasteiger partial charge in [-0.25, -0.2) is 0 Å². The van der Waals surface area contributed by atoms with Gasteiger partial charge < -0.3 is 9.16 Å². The van der Waals surface area contributed by atoms with E-state index in [1.54, 1.807) is 0 Å². The van der Waals surface area contributed by atoms with Gasteiger partial charge in [-0.1, -0.05) is 81.4 Å². The number of hydrogen-bond acceptors (Lipinski definition) is 2. The third-order valence-corrected chi connectivity index (χ3v) is 9.86. The van der Waals surface area contributed by atoms with Crippen LogP contribution >= 0.6 is 0 Å². The van der Waals surface area contributed by atoms with Crippen LogP contribution < -0.4 is 10.4 Å². The summed E-state index contributed by atoms with van der Waals surface area (Å²) in [6.45, 7) is 7.34. The van der Waals surface area contributed by atoms with Gasteiger partial charge in [0.25, 0.3) is 8.32 Å². The summed E-state index contributed by atoms with van der Waals surface area (Å²) in [7, 11) is -2.52. The Bertz CT molecular complexity index is 698. The summed E-state index contributed by atoms with van der Waals surface area (Å²) in [5.74, 6) is 0. The second-order valence-electron chi connectivity index (χ2n) is 7.61. The molecule has 0 saturated heterocycles. The average molecular weight is 354 g/mol. The Morgan fingerprint density at radius 1 is 1.04 bits per heavy atom. The second-order valence-corrected chi connectivity index (χ2v) is 11.9. The third kappa shape index (κ3) is 3.73. The lowest BCUT2D eigenvalue weighted by molar-refractivity contribution is 0.0693. The van der Waals surface area contributed by atoms with Crippen LogP contribution in [0.5, 0.6) is 0 Å². The van der Waals surface area contributed by atoms with Crippen LogP contribution in [0.1, 0.15) is 35.0 Å². The van der Waals surface area contributed by atoms with Gasteiger partial charge in [-0.15, -0.1) is 0 Å². The zero-order chi connectivity index (χ0) is 18.6. The molecule has 3 rings (SSSR count). The van der Waals surface area contributed by atoms with Crippen molar-refractivity contribution < 1.29 is 10.5 Å². The number of hydrogen-bond donors (Lipinski definition) is 0. The van der Waals surface area contributed by atoms with E-state index in [1.165, 1.54) is 10.4 Å². The lowest BCUT2D eigenvalue weighted by Gasteiger charge is -2.43. The molecule has 1 atom stereocenters. The van der Waals surface area contributed by atoms with Crippen molar-refractivity contribution in [3.05, 3.63) is 73.0 Å². The highest BCUT2D eigenvalue weighted by Gasteiger charge is 2.50. The van der Waals surface area contributed by atoms with Crippen LogP contribution in [0.3, 0.4) is 0 Å². The van der Waals surface area contributed by atoms with E-state index in [-0.39, 0.29) is 17.4 Å². The van der Waals surface area contributed by atoms with Crippen LogP contribution in [0.25, 0.3) is 0 Å². The summed E-state index contributed by atoms with van der Waals surface area (Å²) in [5.41, 5.74) is 0. The zero-order valence-electron chi connectivity index (χ0n) is 16.4. The van der Waals surface area contributed by atoms with Crippen molar-refractivity contribution in [1.29, 1.82) is 0 Å². The van der Waals surface area contributed by atoms with E-state index in [4.69, 9.17) is 10.5 Å². The van der Waals surface area contributed by atoms with Crippen molar-refractivity contribution in [2.75, 3.05) is 6.61 Å². The van der Waals surface area contributed by atoms with E-state index >= 15 is 0 Å². The van der Waals surface area contributed by atoms with Crippen molar-refractivity contribution in [3.8, 4) is 0 Å². The number of ether oxygens (including phenoxy) is 1. The maximum absolute atomic E-state index is 7.78. The van der Waals surface area contributed by atoms with Crippen molar-refractivity contribution in [2.24, 2.45) is 0 Å². The molecular weight excluding hydrogens is 324 g/mol. The molecule has 1 aliphatic rings. The Labute approximate surface area is 154 Å². The van der Waals surface area contributed by atoms with Crippen molar-refractivity contribution in [2.45, 2.75) is 44.8 Å². The molecule has 0 fully saturated rings. The molecule has 1 unspecified atom stereocenters. The monoisotopic (exact) mass is 353 g/mol. The van der Waals surface area contributed by atoms with E-state index < -0.39 is 8.32 Å². The van der Waals surface area contributed by atoms with Crippen LogP contribution in [-0.2, 0) is 9.16 Å². The predicted octanol–water partition coefficient (Wildman–Crippen LogP) is 4.26. The highest BCUT2D eigenvalue weighted by atomic mass is 28.4. The van der Waals surface area contributed by atoms with Gasteiger partial charge in [0.1, 0.15) is 7.47 Å². The Balaban J connectivity index is 2.01. The molecule has 3 heteroatoms. The molecule has 0 spiro atoms. The largest absolute Gasteiger partial charge is 0.496 e. The lowest BCUT2D eigenvalue weighted by atomic mass is 10.2. The Kier molecular flexibility index (Phi) is 5.04. The predicted molar refractivity (Wildman–Crippen MR) is 107 cm³/mol. The summed E-state index contributed by atoms with van der Waals surface area (Å²) in [5, 5.41) is 2.51. The quantitative estimate of drug-likeness (QED) is 0.748. The molecule has 2 nitrogen and oxygen atoms in total. The van der Waals surface area contributed by atoms with Gasteiger partial charge >= 0.3 is 0 Å². The highest BCUT2D eigenvalue weighted by molar-refractivity contribution is 6.99. The summed E-state index contributed by atoms with van der Waals surface area (Å²) in [4.78, 5) is 0. The van der Waals surface area contributed by atoms with Crippen LogP contribution in [0.15, 0.2) is 73.0 Å². The van der Waals surface area contributed by atoms with E-state index in [2.05, 4.69) is 81.4 Å². The molecule has 1 aliphatic heterocycles. The highest BCUT2D eigenvalue weighted by Crippen LogP contribution is 2.37. The molecule has 132 valence electrons. The van der Waals surface area contributed by atoms with E-state index in [9.17, 15) is 0 Å². The van der Waals surface area contributed by atoms with Crippen LogP contribution in [0.2, 0.25) is 5.04 Å². The molecule has 0 N–H and O–H groups in total. The Morgan fingerprint density at radius 2 is 1.60 bits per heavy atom. The van der Waals surface area contributed by atoms with Crippen molar-refractivity contribution in [1.82, 2.24) is 0 Å². The zero-order valence-corrected chi connectivity index (χ0v) is 16.4. The minimum Gasteiger partial charge on any atom is -0.496 e. The molecule has 1 heterocycles. The molecule has 25 heavy (non-hydrogen) atoms.